The standard InChI is InChI=1S/C13H21N5O4/c14-10-9-15-13(12(19)20,18-3-7-22-8-4-18)16-11(10)17-1-5-21-6-2-17/h9,16H,1-8,14H2,(H,19,20). The van der Waals surface area contributed by atoms with Crippen LogP contribution in [-0.2, 0) is 14.3 Å². The maximum absolute atomic E-state index is 11.9. The van der Waals surface area contributed by atoms with Gasteiger partial charge in [-0.05, 0) is 0 Å². The number of allylic oxidation sites excluding steroid dienone is 1. The van der Waals surface area contributed by atoms with E-state index in [1.165, 1.54) is 6.21 Å². The average Bonchev–Trinajstić information content (AvgIpc) is 2.57. The van der Waals surface area contributed by atoms with Crippen molar-refractivity contribution in [1.29, 1.82) is 0 Å². The highest BCUT2D eigenvalue weighted by molar-refractivity contribution is 5.87. The number of hydrogen-bond donors (Lipinski definition) is 3. The van der Waals surface area contributed by atoms with Crippen LogP contribution in [0, 0.1) is 0 Å². The zero-order chi connectivity index (χ0) is 15.6. The minimum Gasteiger partial charge on any atom is -0.477 e. The van der Waals surface area contributed by atoms with Gasteiger partial charge in [-0.25, -0.2) is 14.7 Å². The summed E-state index contributed by atoms with van der Waals surface area (Å²) in [6, 6.07) is 0. The molecule has 22 heavy (non-hydrogen) atoms. The molecule has 1 atom stereocenters. The van der Waals surface area contributed by atoms with E-state index in [0.29, 0.717) is 64.1 Å². The van der Waals surface area contributed by atoms with Crippen molar-refractivity contribution in [3.05, 3.63) is 11.5 Å². The van der Waals surface area contributed by atoms with Crippen molar-refractivity contribution in [3.63, 3.8) is 0 Å². The van der Waals surface area contributed by atoms with Crippen LogP contribution in [0.2, 0.25) is 0 Å². The Balaban J connectivity index is 1.87. The number of aliphatic carboxylic acids is 1. The molecule has 0 spiro atoms. The van der Waals surface area contributed by atoms with Gasteiger partial charge in [-0.15, -0.1) is 0 Å². The molecular weight excluding hydrogens is 290 g/mol. The van der Waals surface area contributed by atoms with Crippen LogP contribution in [0.1, 0.15) is 0 Å². The van der Waals surface area contributed by atoms with Crippen LogP contribution < -0.4 is 11.1 Å². The number of carbonyl (C=O) groups is 1. The summed E-state index contributed by atoms with van der Waals surface area (Å²) in [5, 5.41) is 12.8. The number of rotatable bonds is 3. The number of ether oxygens (including phenoxy) is 2. The second-order valence-electron chi connectivity index (χ2n) is 5.36. The number of morpholine rings is 2. The molecule has 4 N–H and O–H groups in total. The molecule has 3 aliphatic rings. The molecule has 2 fully saturated rings. The van der Waals surface area contributed by atoms with Gasteiger partial charge < -0.3 is 30.5 Å². The predicted molar refractivity (Wildman–Crippen MR) is 78.0 cm³/mol. The lowest BCUT2D eigenvalue weighted by Gasteiger charge is -2.44. The molecule has 9 heteroatoms. The molecule has 122 valence electrons. The maximum atomic E-state index is 11.9. The summed E-state index contributed by atoms with van der Waals surface area (Å²) in [6.07, 6.45) is 1.44. The van der Waals surface area contributed by atoms with Crippen molar-refractivity contribution in [2.75, 3.05) is 52.6 Å². The molecule has 0 bridgehead atoms. The number of carboxylic acids is 1. The fraction of sp³-hybridized carbons (Fsp3) is 0.692. The van der Waals surface area contributed by atoms with Gasteiger partial charge >= 0.3 is 5.97 Å². The van der Waals surface area contributed by atoms with Crippen molar-refractivity contribution in [3.8, 4) is 0 Å². The fourth-order valence-electron chi connectivity index (χ4n) is 2.83. The first kappa shape index (κ1) is 15.1. The van der Waals surface area contributed by atoms with Gasteiger partial charge in [0.05, 0.1) is 38.3 Å². The average molecular weight is 311 g/mol. The third-order valence-electron chi connectivity index (χ3n) is 4.05. The molecule has 3 heterocycles. The van der Waals surface area contributed by atoms with Crippen molar-refractivity contribution in [2.24, 2.45) is 10.7 Å². The summed E-state index contributed by atoms with van der Waals surface area (Å²) >= 11 is 0. The van der Waals surface area contributed by atoms with E-state index < -0.39 is 11.8 Å². The van der Waals surface area contributed by atoms with E-state index in [9.17, 15) is 9.90 Å². The fourth-order valence-corrected chi connectivity index (χ4v) is 2.83. The van der Waals surface area contributed by atoms with Gasteiger partial charge in [0.2, 0.25) is 0 Å². The van der Waals surface area contributed by atoms with Gasteiger partial charge in [-0.2, -0.15) is 0 Å². The summed E-state index contributed by atoms with van der Waals surface area (Å²) in [4.78, 5) is 19.9. The minimum atomic E-state index is -1.53. The first-order valence-electron chi connectivity index (χ1n) is 7.35. The van der Waals surface area contributed by atoms with E-state index in [1.54, 1.807) is 4.90 Å². The zero-order valence-electron chi connectivity index (χ0n) is 12.3. The molecule has 0 aromatic carbocycles. The van der Waals surface area contributed by atoms with E-state index in [4.69, 9.17) is 15.2 Å². The monoisotopic (exact) mass is 311 g/mol. The molecule has 1 unspecified atom stereocenters. The number of nitrogens with zero attached hydrogens (tertiary/aromatic N) is 3. The number of carboxylic acid groups (broad SMARTS) is 1. The first-order chi connectivity index (χ1) is 10.6. The van der Waals surface area contributed by atoms with Crippen LogP contribution in [0.3, 0.4) is 0 Å². The number of nitrogens with one attached hydrogen (secondary N) is 1. The van der Waals surface area contributed by atoms with E-state index in [-0.39, 0.29) is 0 Å². The molecule has 2 saturated heterocycles. The molecule has 0 aliphatic carbocycles. The largest absolute Gasteiger partial charge is 0.477 e. The summed E-state index contributed by atoms with van der Waals surface area (Å²) in [5.41, 5.74) is 6.45. The summed E-state index contributed by atoms with van der Waals surface area (Å²) in [5.74, 6) is -1.98. The summed E-state index contributed by atoms with van der Waals surface area (Å²) in [6.45, 7) is 4.46. The third-order valence-corrected chi connectivity index (χ3v) is 4.05. The first-order valence-corrected chi connectivity index (χ1v) is 7.35. The molecule has 9 nitrogen and oxygen atoms in total. The van der Waals surface area contributed by atoms with Crippen LogP contribution in [0.4, 0.5) is 0 Å². The Hall–Kier alpha value is -1.84. The van der Waals surface area contributed by atoms with E-state index in [1.807, 2.05) is 4.90 Å². The highest BCUT2D eigenvalue weighted by Crippen LogP contribution is 2.23. The Morgan fingerprint density at radius 3 is 2.41 bits per heavy atom. The van der Waals surface area contributed by atoms with Gasteiger partial charge in [-0.3, -0.25) is 0 Å². The lowest BCUT2D eigenvalue weighted by Crippen LogP contribution is -2.67. The van der Waals surface area contributed by atoms with Crippen LogP contribution >= 0.6 is 0 Å². The molecule has 0 amide bonds. The second-order valence-corrected chi connectivity index (χ2v) is 5.36. The summed E-state index contributed by atoms with van der Waals surface area (Å²) < 4.78 is 10.6. The molecule has 3 aliphatic heterocycles. The molecule has 0 saturated carbocycles. The van der Waals surface area contributed by atoms with Gasteiger partial charge in [0.25, 0.3) is 5.79 Å². The van der Waals surface area contributed by atoms with Crippen molar-refractivity contribution < 1.29 is 19.4 Å². The minimum absolute atomic E-state index is 0.437. The second kappa shape index (κ2) is 6.11. The maximum Gasteiger partial charge on any atom is 0.369 e. The lowest BCUT2D eigenvalue weighted by atomic mass is 10.2. The van der Waals surface area contributed by atoms with E-state index in [2.05, 4.69) is 10.3 Å². The summed E-state index contributed by atoms with van der Waals surface area (Å²) in [7, 11) is 0. The van der Waals surface area contributed by atoms with Gasteiger partial charge in [0.15, 0.2) is 0 Å². The number of aliphatic imine (C=N–C) groups is 1. The Morgan fingerprint density at radius 1 is 1.23 bits per heavy atom. The highest BCUT2D eigenvalue weighted by atomic mass is 16.5. The number of nitrogens with two attached hydrogens (primary N) is 1. The molecule has 0 radical (unpaired) electrons. The Labute approximate surface area is 128 Å². The van der Waals surface area contributed by atoms with Gasteiger partial charge in [0, 0.05) is 26.2 Å². The van der Waals surface area contributed by atoms with Crippen molar-refractivity contribution in [2.45, 2.75) is 5.79 Å². The normalized spacial score (nSPS) is 30.3. The van der Waals surface area contributed by atoms with Crippen molar-refractivity contribution >= 4 is 12.2 Å². The number of hydrogen-bond acceptors (Lipinski definition) is 8. The van der Waals surface area contributed by atoms with E-state index in [0.717, 1.165) is 0 Å². The van der Waals surface area contributed by atoms with E-state index >= 15 is 0 Å². The van der Waals surface area contributed by atoms with Crippen LogP contribution in [0.5, 0.6) is 0 Å². The van der Waals surface area contributed by atoms with Crippen LogP contribution in [-0.4, -0.2) is 85.5 Å². The van der Waals surface area contributed by atoms with Crippen LogP contribution in [0.15, 0.2) is 16.5 Å². The topological polar surface area (TPSA) is 113 Å². The zero-order valence-corrected chi connectivity index (χ0v) is 12.3. The Bertz CT molecular complexity index is 497. The molecule has 3 rings (SSSR count). The lowest BCUT2D eigenvalue weighted by molar-refractivity contribution is -0.157. The smallest absolute Gasteiger partial charge is 0.369 e. The highest BCUT2D eigenvalue weighted by Gasteiger charge is 2.47. The van der Waals surface area contributed by atoms with Crippen LogP contribution in [0.25, 0.3) is 0 Å². The molecule has 0 aromatic rings. The quantitative estimate of drug-likeness (QED) is 0.559. The molecular formula is C13H21N5O4. The molecule has 0 aromatic heterocycles. The predicted octanol–water partition coefficient (Wildman–Crippen LogP) is -1.81. The Morgan fingerprint density at radius 2 is 1.82 bits per heavy atom. The SMILES string of the molecule is NC1=C(N2CCOCC2)NC(C(=O)O)(N2CCOCC2)N=C1. The van der Waals surface area contributed by atoms with Gasteiger partial charge in [-0.1, -0.05) is 0 Å². The van der Waals surface area contributed by atoms with Gasteiger partial charge in [0.1, 0.15) is 5.82 Å². The van der Waals surface area contributed by atoms with Crippen molar-refractivity contribution in [1.82, 2.24) is 15.1 Å². The third kappa shape index (κ3) is 2.62. The Kier molecular flexibility index (Phi) is 4.19.